The number of likely N-dealkylation sites (N-methyl/N-ethyl adjacent to an activating group) is 1. The minimum atomic E-state index is 0.306. The molecule has 0 amide bonds. The van der Waals surface area contributed by atoms with Crippen LogP contribution < -0.4 is 10.6 Å². The summed E-state index contributed by atoms with van der Waals surface area (Å²) in [4.78, 5) is 6.68. The Morgan fingerprint density at radius 3 is 2.95 bits per heavy atom. The fourth-order valence-corrected chi connectivity index (χ4v) is 2.85. The summed E-state index contributed by atoms with van der Waals surface area (Å²) in [5.74, 6) is 0.888. The van der Waals surface area contributed by atoms with Crippen LogP contribution in [0.5, 0.6) is 0 Å². The Bertz CT molecular complexity index is 319. The van der Waals surface area contributed by atoms with Crippen molar-refractivity contribution in [3.05, 3.63) is 0 Å². The molecular weight excluding hydrogens is 268 g/mol. The summed E-state index contributed by atoms with van der Waals surface area (Å²) in [6.07, 6.45) is 4.90. The second-order valence-electron chi connectivity index (χ2n) is 5.87. The van der Waals surface area contributed by atoms with Gasteiger partial charge in [0.25, 0.3) is 0 Å². The van der Waals surface area contributed by atoms with Crippen LogP contribution in [0.25, 0.3) is 0 Å². The Balaban J connectivity index is 1.51. The molecule has 2 N–H and O–H groups in total. The minimum Gasteiger partial charge on any atom is -0.379 e. The third kappa shape index (κ3) is 5.80. The molecule has 2 rings (SSSR count). The van der Waals surface area contributed by atoms with Crippen molar-refractivity contribution in [2.24, 2.45) is 4.99 Å². The molecule has 2 saturated heterocycles. The smallest absolute Gasteiger partial charge is 0.191 e. The van der Waals surface area contributed by atoms with E-state index in [1.807, 2.05) is 7.05 Å². The van der Waals surface area contributed by atoms with Crippen LogP contribution in [-0.2, 0) is 9.47 Å². The lowest BCUT2D eigenvalue weighted by Gasteiger charge is -2.21. The van der Waals surface area contributed by atoms with Gasteiger partial charge >= 0.3 is 0 Å². The molecule has 21 heavy (non-hydrogen) atoms. The normalized spacial score (nSPS) is 27.2. The summed E-state index contributed by atoms with van der Waals surface area (Å²) in [6.45, 7) is 5.43. The van der Waals surface area contributed by atoms with Crippen molar-refractivity contribution in [2.75, 3.05) is 53.6 Å². The maximum Gasteiger partial charge on any atom is 0.191 e. The van der Waals surface area contributed by atoms with Gasteiger partial charge < -0.3 is 25.0 Å². The van der Waals surface area contributed by atoms with Crippen molar-refractivity contribution < 1.29 is 9.47 Å². The number of guanidine groups is 1. The highest BCUT2D eigenvalue weighted by Crippen LogP contribution is 2.13. The van der Waals surface area contributed by atoms with Gasteiger partial charge in [-0.05, 0) is 39.3 Å². The van der Waals surface area contributed by atoms with Crippen LogP contribution in [0, 0.1) is 0 Å². The summed E-state index contributed by atoms with van der Waals surface area (Å²) < 4.78 is 11.0. The molecule has 0 aromatic rings. The first-order chi connectivity index (χ1) is 10.3. The van der Waals surface area contributed by atoms with E-state index in [-0.39, 0.29) is 0 Å². The van der Waals surface area contributed by atoms with E-state index >= 15 is 0 Å². The van der Waals surface area contributed by atoms with Crippen molar-refractivity contribution in [3.63, 3.8) is 0 Å². The Labute approximate surface area is 128 Å². The Kier molecular flexibility index (Phi) is 7.26. The lowest BCUT2D eigenvalue weighted by Crippen LogP contribution is -2.44. The molecular formula is C15H30N4O2. The molecule has 0 radical (unpaired) electrons. The predicted molar refractivity (Wildman–Crippen MR) is 84.8 cm³/mol. The fraction of sp³-hybridized carbons (Fsp3) is 0.933. The number of aliphatic imine (C=N–C) groups is 1. The predicted octanol–water partition coefficient (Wildman–Crippen LogP) is 0.441. The quantitative estimate of drug-likeness (QED) is 0.406. The maximum absolute atomic E-state index is 5.74. The first-order valence-electron chi connectivity index (χ1n) is 8.13. The van der Waals surface area contributed by atoms with E-state index in [4.69, 9.17) is 9.47 Å². The van der Waals surface area contributed by atoms with Crippen LogP contribution >= 0.6 is 0 Å². The largest absolute Gasteiger partial charge is 0.379 e. The maximum atomic E-state index is 5.74. The summed E-state index contributed by atoms with van der Waals surface area (Å²) in [7, 11) is 4.01. The average Bonchev–Trinajstić information content (AvgIpc) is 3.14. The molecule has 2 fully saturated rings. The van der Waals surface area contributed by atoms with Gasteiger partial charge in [0.2, 0.25) is 0 Å². The van der Waals surface area contributed by atoms with E-state index in [1.54, 1.807) is 0 Å². The lowest BCUT2D eigenvalue weighted by molar-refractivity contribution is 0.0420. The van der Waals surface area contributed by atoms with Gasteiger partial charge in [0.1, 0.15) is 0 Å². The third-order valence-electron chi connectivity index (χ3n) is 4.26. The van der Waals surface area contributed by atoms with Crippen molar-refractivity contribution in [1.82, 2.24) is 15.5 Å². The third-order valence-corrected chi connectivity index (χ3v) is 4.26. The zero-order chi connectivity index (χ0) is 14.9. The Hall–Kier alpha value is -0.850. The van der Waals surface area contributed by atoms with Gasteiger partial charge in [-0.2, -0.15) is 0 Å². The van der Waals surface area contributed by atoms with Gasteiger partial charge in [0.15, 0.2) is 5.96 Å². The van der Waals surface area contributed by atoms with E-state index in [0.717, 1.165) is 51.7 Å². The van der Waals surface area contributed by atoms with Crippen LogP contribution in [0.15, 0.2) is 4.99 Å². The average molecular weight is 298 g/mol. The Morgan fingerprint density at radius 1 is 1.38 bits per heavy atom. The molecule has 6 heteroatoms. The van der Waals surface area contributed by atoms with Crippen molar-refractivity contribution >= 4 is 5.96 Å². The van der Waals surface area contributed by atoms with E-state index in [1.165, 1.54) is 19.4 Å². The van der Waals surface area contributed by atoms with Crippen LogP contribution in [0.1, 0.15) is 25.7 Å². The Morgan fingerprint density at radius 2 is 2.29 bits per heavy atom. The highest BCUT2D eigenvalue weighted by molar-refractivity contribution is 5.79. The molecule has 6 nitrogen and oxygen atoms in total. The molecule has 0 bridgehead atoms. The number of ether oxygens (including phenoxy) is 2. The molecule has 2 heterocycles. The number of hydrogen-bond donors (Lipinski definition) is 2. The van der Waals surface area contributed by atoms with Crippen LogP contribution in [0.3, 0.4) is 0 Å². The van der Waals surface area contributed by atoms with Crippen LogP contribution in [0.4, 0.5) is 0 Å². The molecule has 0 spiro atoms. The molecule has 2 aliphatic rings. The first kappa shape index (κ1) is 16.5. The molecule has 0 saturated carbocycles. The molecule has 2 atom stereocenters. The topological polar surface area (TPSA) is 58.1 Å². The van der Waals surface area contributed by atoms with E-state index in [9.17, 15) is 0 Å². The van der Waals surface area contributed by atoms with Crippen LogP contribution in [0.2, 0.25) is 0 Å². The summed E-state index contributed by atoms with van der Waals surface area (Å²) in [5.41, 5.74) is 0. The molecule has 0 aliphatic carbocycles. The van der Waals surface area contributed by atoms with Gasteiger partial charge in [0.05, 0.1) is 12.7 Å². The molecule has 2 unspecified atom stereocenters. The number of hydrogen-bond acceptors (Lipinski definition) is 4. The van der Waals surface area contributed by atoms with E-state index < -0.39 is 0 Å². The standard InChI is InChI=1S/C15H30N4O2/c1-16-15(18-11-13-5-3-8-19(13)2)17-7-4-9-21-14-6-10-20-12-14/h13-14H,3-12H2,1-2H3,(H2,16,17,18). The number of nitrogens with zero attached hydrogens (tertiary/aromatic N) is 2. The highest BCUT2D eigenvalue weighted by atomic mass is 16.5. The van der Waals surface area contributed by atoms with Crippen LogP contribution in [-0.4, -0.2) is 76.6 Å². The highest BCUT2D eigenvalue weighted by Gasteiger charge is 2.20. The second-order valence-corrected chi connectivity index (χ2v) is 5.87. The van der Waals surface area contributed by atoms with Gasteiger partial charge in [-0.1, -0.05) is 0 Å². The second kappa shape index (κ2) is 9.23. The molecule has 0 aromatic heterocycles. The zero-order valence-electron chi connectivity index (χ0n) is 13.4. The monoisotopic (exact) mass is 298 g/mol. The number of rotatable bonds is 7. The van der Waals surface area contributed by atoms with Gasteiger partial charge in [-0.15, -0.1) is 0 Å². The first-order valence-corrected chi connectivity index (χ1v) is 8.13. The number of nitrogens with one attached hydrogen (secondary N) is 2. The molecule has 122 valence electrons. The zero-order valence-corrected chi connectivity index (χ0v) is 13.4. The lowest BCUT2D eigenvalue weighted by atomic mass is 10.2. The van der Waals surface area contributed by atoms with Gasteiger partial charge in [0, 0.05) is 39.4 Å². The molecule has 0 aromatic carbocycles. The summed E-state index contributed by atoms with van der Waals surface area (Å²) >= 11 is 0. The molecule has 2 aliphatic heterocycles. The summed E-state index contributed by atoms with van der Waals surface area (Å²) in [6, 6.07) is 0.634. The summed E-state index contributed by atoms with van der Waals surface area (Å²) in [5, 5.41) is 6.75. The van der Waals surface area contributed by atoms with Crippen molar-refractivity contribution in [2.45, 2.75) is 37.8 Å². The SMILES string of the molecule is CN=C(NCCCOC1CCOC1)NCC1CCCN1C. The van der Waals surface area contributed by atoms with E-state index in [0.29, 0.717) is 12.1 Å². The van der Waals surface area contributed by atoms with Gasteiger partial charge in [-0.25, -0.2) is 0 Å². The van der Waals surface area contributed by atoms with Gasteiger partial charge in [-0.3, -0.25) is 4.99 Å². The number of likely N-dealkylation sites (tertiary alicyclic amines) is 1. The van der Waals surface area contributed by atoms with Crippen molar-refractivity contribution in [1.29, 1.82) is 0 Å². The minimum absolute atomic E-state index is 0.306. The fourth-order valence-electron chi connectivity index (χ4n) is 2.85. The van der Waals surface area contributed by atoms with E-state index in [2.05, 4.69) is 27.6 Å². The van der Waals surface area contributed by atoms with Crippen molar-refractivity contribution in [3.8, 4) is 0 Å².